The number of non-ortho nitro benzene ring substituents is 1. The number of halogens is 1. The highest BCUT2D eigenvalue weighted by Crippen LogP contribution is 2.31. The molecule has 0 radical (unpaired) electrons. The van der Waals surface area contributed by atoms with E-state index in [1.165, 1.54) is 31.4 Å². The Balaban J connectivity index is 1.91. The molecule has 0 spiro atoms. The number of cyclic esters (lactones) is 1. The van der Waals surface area contributed by atoms with Crippen molar-refractivity contribution in [2.45, 2.75) is 0 Å². The fourth-order valence-corrected chi connectivity index (χ4v) is 2.77. The van der Waals surface area contributed by atoms with Crippen LogP contribution in [0.1, 0.15) is 11.1 Å². The monoisotopic (exact) mass is 414 g/mol. The summed E-state index contributed by atoms with van der Waals surface area (Å²) in [6.07, 6.45) is 3.14. The first-order valence-electron chi connectivity index (χ1n) is 8.31. The summed E-state index contributed by atoms with van der Waals surface area (Å²) < 4.78 is 16.0. The normalized spacial score (nSPS) is 14.3. The number of nitro groups is 1. The van der Waals surface area contributed by atoms with Crippen LogP contribution in [0.5, 0.6) is 11.5 Å². The lowest BCUT2D eigenvalue weighted by molar-refractivity contribution is -0.384. The van der Waals surface area contributed by atoms with Crippen molar-refractivity contribution >= 4 is 35.2 Å². The van der Waals surface area contributed by atoms with Crippen molar-refractivity contribution in [2.24, 2.45) is 4.99 Å². The number of esters is 1. The average Bonchev–Trinajstić information content (AvgIpc) is 3.06. The van der Waals surface area contributed by atoms with Crippen LogP contribution in [0.2, 0.25) is 5.02 Å². The number of hydrogen-bond acceptors (Lipinski definition) is 7. The zero-order chi connectivity index (χ0) is 21.0. The van der Waals surface area contributed by atoms with Gasteiger partial charge in [-0.25, -0.2) is 9.79 Å². The minimum atomic E-state index is -0.666. The van der Waals surface area contributed by atoms with Crippen LogP contribution in [0.3, 0.4) is 0 Å². The standard InChI is InChI=1S/C20H15ClN2O6/c1-3-8-28-17-7-4-12(10-18(17)27-2)9-16-20(24)29-19(22-16)14-6-5-13(23(25)26)11-15(14)21/h3-7,9-11H,1,8H2,2H3/b16-9+. The van der Waals surface area contributed by atoms with E-state index in [1.807, 2.05) is 0 Å². The number of hydrogen-bond donors (Lipinski definition) is 0. The van der Waals surface area contributed by atoms with Gasteiger partial charge in [0.2, 0.25) is 5.90 Å². The van der Waals surface area contributed by atoms with Gasteiger partial charge in [-0.3, -0.25) is 10.1 Å². The highest BCUT2D eigenvalue weighted by atomic mass is 35.5. The topological polar surface area (TPSA) is 100 Å². The molecule has 0 saturated heterocycles. The van der Waals surface area contributed by atoms with Crippen LogP contribution in [0, 0.1) is 10.1 Å². The Morgan fingerprint density at radius 1 is 1.28 bits per heavy atom. The lowest BCUT2D eigenvalue weighted by Crippen LogP contribution is -2.06. The van der Waals surface area contributed by atoms with Crippen LogP contribution < -0.4 is 9.47 Å². The Kier molecular flexibility index (Phi) is 5.94. The van der Waals surface area contributed by atoms with Gasteiger partial charge in [0.25, 0.3) is 5.69 Å². The molecule has 0 atom stereocenters. The van der Waals surface area contributed by atoms with E-state index >= 15 is 0 Å². The third kappa shape index (κ3) is 4.44. The summed E-state index contributed by atoms with van der Waals surface area (Å²) in [5.41, 5.74) is 0.792. The summed E-state index contributed by atoms with van der Waals surface area (Å²) in [6.45, 7) is 3.92. The number of aliphatic imine (C=N–C) groups is 1. The van der Waals surface area contributed by atoms with Crippen molar-refractivity contribution < 1.29 is 23.9 Å². The zero-order valence-electron chi connectivity index (χ0n) is 15.3. The van der Waals surface area contributed by atoms with Gasteiger partial charge in [-0.15, -0.1) is 0 Å². The summed E-state index contributed by atoms with van der Waals surface area (Å²) in [4.78, 5) is 26.6. The SMILES string of the molecule is C=CCOc1ccc(/C=C2/N=C(c3ccc([N+](=O)[O-])cc3Cl)OC2=O)cc1OC. The molecule has 9 heteroatoms. The van der Waals surface area contributed by atoms with Gasteiger partial charge in [0.05, 0.1) is 22.6 Å². The predicted molar refractivity (Wildman–Crippen MR) is 107 cm³/mol. The highest BCUT2D eigenvalue weighted by molar-refractivity contribution is 6.34. The lowest BCUT2D eigenvalue weighted by atomic mass is 10.1. The molecule has 0 fully saturated rings. The second-order valence-electron chi connectivity index (χ2n) is 5.77. The van der Waals surface area contributed by atoms with E-state index in [9.17, 15) is 14.9 Å². The van der Waals surface area contributed by atoms with Crippen molar-refractivity contribution in [3.8, 4) is 11.5 Å². The van der Waals surface area contributed by atoms with E-state index in [1.54, 1.807) is 24.3 Å². The van der Waals surface area contributed by atoms with Gasteiger partial charge in [0.15, 0.2) is 17.2 Å². The van der Waals surface area contributed by atoms with E-state index < -0.39 is 10.9 Å². The number of methoxy groups -OCH3 is 1. The maximum Gasteiger partial charge on any atom is 0.363 e. The quantitative estimate of drug-likeness (QED) is 0.221. The number of carbonyl (C=O) groups excluding carboxylic acids is 1. The van der Waals surface area contributed by atoms with Crippen LogP contribution >= 0.6 is 11.6 Å². The molecule has 0 N–H and O–H groups in total. The average molecular weight is 415 g/mol. The molecule has 0 aromatic heterocycles. The molecule has 8 nitrogen and oxygen atoms in total. The van der Waals surface area contributed by atoms with Crippen LogP contribution in [0.15, 0.2) is 59.7 Å². The van der Waals surface area contributed by atoms with Gasteiger partial charge < -0.3 is 14.2 Å². The number of carbonyl (C=O) groups is 1. The van der Waals surface area contributed by atoms with Crippen molar-refractivity contribution in [3.05, 3.63) is 81.0 Å². The molecule has 0 saturated carbocycles. The first-order valence-corrected chi connectivity index (χ1v) is 8.69. The Morgan fingerprint density at radius 2 is 2.07 bits per heavy atom. The van der Waals surface area contributed by atoms with Gasteiger partial charge >= 0.3 is 5.97 Å². The molecule has 2 aromatic carbocycles. The Bertz CT molecular complexity index is 1060. The van der Waals surface area contributed by atoms with E-state index in [0.717, 1.165) is 0 Å². The smallest absolute Gasteiger partial charge is 0.363 e. The van der Waals surface area contributed by atoms with E-state index in [2.05, 4.69) is 11.6 Å². The van der Waals surface area contributed by atoms with Crippen molar-refractivity contribution in [1.82, 2.24) is 0 Å². The Morgan fingerprint density at radius 3 is 2.72 bits per heavy atom. The summed E-state index contributed by atoms with van der Waals surface area (Å²) in [6, 6.07) is 8.92. The molecule has 1 aliphatic heterocycles. The maximum atomic E-state index is 12.2. The number of nitro benzene ring substituents is 1. The Hall–Kier alpha value is -3.65. The molecule has 0 aliphatic carbocycles. The molecule has 29 heavy (non-hydrogen) atoms. The van der Waals surface area contributed by atoms with E-state index in [4.69, 9.17) is 25.8 Å². The van der Waals surface area contributed by atoms with Gasteiger partial charge in [0.1, 0.15) is 6.61 Å². The zero-order valence-corrected chi connectivity index (χ0v) is 16.0. The predicted octanol–water partition coefficient (Wildman–Crippen LogP) is 4.17. The first kappa shape index (κ1) is 20.1. The van der Waals surface area contributed by atoms with Crippen molar-refractivity contribution in [1.29, 1.82) is 0 Å². The molecule has 0 bridgehead atoms. The van der Waals surface area contributed by atoms with Crippen LogP contribution in [0.25, 0.3) is 6.08 Å². The van der Waals surface area contributed by atoms with Crippen molar-refractivity contribution in [2.75, 3.05) is 13.7 Å². The molecular weight excluding hydrogens is 400 g/mol. The van der Waals surface area contributed by atoms with Gasteiger partial charge in [-0.2, -0.15) is 0 Å². The van der Waals surface area contributed by atoms with Crippen LogP contribution in [0.4, 0.5) is 5.69 Å². The second-order valence-corrected chi connectivity index (χ2v) is 6.17. The largest absolute Gasteiger partial charge is 0.493 e. The molecule has 148 valence electrons. The fourth-order valence-electron chi connectivity index (χ4n) is 2.52. The minimum absolute atomic E-state index is 0.0287. The van der Waals surface area contributed by atoms with E-state index in [0.29, 0.717) is 23.7 Å². The summed E-state index contributed by atoms with van der Waals surface area (Å²) >= 11 is 6.07. The van der Waals surface area contributed by atoms with E-state index in [-0.39, 0.29) is 27.9 Å². The summed E-state index contributed by atoms with van der Waals surface area (Å²) in [5.74, 6) is 0.319. The summed E-state index contributed by atoms with van der Waals surface area (Å²) in [7, 11) is 1.50. The van der Waals surface area contributed by atoms with Gasteiger partial charge in [-0.05, 0) is 29.8 Å². The third-order valence-electron chi connectivity index (χ3n) is 3.86. The van der Waals surface area contributed by atoms with Crippen LogP contribution in [-0.2, 0) is 9.53 Å². The third-order valence-corrected chi connectivity index (χ3v) is 4.17. The van der Waals surface area contributed by atoms with Gasteiger partial charge in [-0.1, -0.05) is 30.3 Å². The number of benzene rings is 2. The molecule has 2 aromatic rings. The molecule has 1 heterocycles. The maximum absolute atomic E-state index is 12.2. The Labute approximate surface area is 170 Å². The molecule has 3 rings (SSSR count). The van der Waals surface area contributed by atoms with Gasteiger partial charge in [0, 0.05) is 12.1 Å². The lowest BCUT2D eigenvalue weighted by Gasteiger charge is -2.09. The molecular formula is C20H15ClN2O6. The molecule has 0 amide bonds. The molecule has 0 unspecified atom stereocenters. The molecule has 1 aliphatic rings. The minimum Gasteiger partial charge on any atom is -0.493 e. The number of ether oxygens (including phenoxy) is 3. The number of nitrogens with zero attached hydrogens (tertiary/aromatic N) is 2. The highest BCUT2D eigenvalue weighted by Gasteiger charge is 2.26. The first-order chi connectivity index (χ1) is 13.9. The number of rotatable bonds is 7. The van der Waals surface area contributed by atoms with Crippen molar-refractivity contribution in [3.63, 3.8) is 0 Å². The van der Waals surface area contributed by atoms with Crippen LogP contribution in [-0.4, -0.2) is 30.5 Å². The second kappa shape index (κ2) is 8.57. The summed E-state index contributed by atoms with van der Waals surface area (Å²) in [5, 5.41) is 10.9. The fraction of sp³-hybridized carbons (Fsp3) is 0.100.